The lowest BCUT2D eigenvalue weighted by molar-refractivity contribution is -0.110. The van der Waals surface area contributed by atoms with Crippen LogP contribution in [0.3, 0.4) is 0 Å². The second-order valence-corrected chi connectivity index (χ2v) is 5.62. The molecule has 0 saturated carbocycles. The minimum atomic E-state index is 0.0786. The van der Waals surface area contributed by atoms with Crippen LogP contribution in [-0.2, 0) is 4.79 Å². The topological polar surface area (TPSA) is 20.3 Å². The number of hydrogen-bond acceptors (Lipinski definition) is 2. The van der Waals surface area contributed by atoms with Gasteiger partial charge in [-0.25, -0.2) is 0 Å². The number of carbonyl (C=O) groups excluding carboxylic acids is 1. The molecule has 0 N–H and O–H groups in total. The average molecular weight is 249 g/mol. The third kappa shape index (κ3) is 2.94. The molecule has 2 nitrogen and oxygen atoms in total. The normalized spacial score (nSPS) is 20.1. The summed E-state index contributed by atoms with van der Waals surface area (Å²) in [6.07, 6.45) is 3.37. The summed E-state index contributed by atoms with van der Waals surface area (Å²) in [6, 6.07) is 8.26. The lowest BCUT2D eigenvalue weighted by Crippen LogP contribution is -2.30. The molecule has 1 aromatic rings. The molecule has 2 unspecified atom stereocenters. The summed E-state index contributed by atoms with van der Waals surface area (Å²) >= 11 is 0. The Hall–Kier alpha value is -0.720. The Bertz CT molecular complexity index is 386. The van der Waals surface area contributed by atoms with Crippen molar-refractivity contribution < 1.29 is 4.79 Å². The number of aldehydes is 1. The Morgan fingerprint density at radius 1 is 1.35 bits per heavy atom. The van der Waals surface area contributed by atoms with Gasteiger partial charge in [0.15, 0.2) is 0 Å². The van der Waals surface area contributed by atoms with Crippen LogP contribution >= 0.6 is 9.39 Å². The first kappa shape index (κ1) is 12.7. The van der Waals surface area contributed by atoms with Gasteiger partial charge in [-0.15, -0.1) is 0 Å². The van der Waals surface area contributed by atoms with Crippen LogP contribution in [0.5, 0.6) is 0 Å². The molecule has 92 valence electrons. The summed E-state index contributed by atoms with van der Waals surface area (Å²) in [6.45, 7) is 4.24. The van der Waals surface area contributed by atoms with E-state index in [1.165, 1.54) is 11.1 Å². The van der Waals surface area contributed by atoms with Crippen molar-refractivity contribution >= 4 is 15.7 Å². The highest BCUT2D eigenvalue weighted by atomic mass is 31.0. The van der Waals surface area contributed by atoms with Gasteiger partial charge in [-0.3, -0.25) is 4.67 Å². The van der Waals surface area contributed by atoms with Crippen molar-refractivity contribution in [2.75, 3.05) is 13.1 Å². The summed E-state index contributed by atoms with van der Waals surface area (Å²) in [4.78, 5) is 11.4. The van der Waals surface area contributed by atoms with Crippen LogP contribution in [0.25, 0.3) is 0 Å². The molecule has 1 aliphatic heterocycles. The molecule has 0 spiro atoms. The number of carbonyl (C=O) groups is 1. The highest BCUT2D eigenvalue weighted by molar-refractivity contribution is 7.13. The van der Waals surface area contributed by atoms with Crippen LogP contribution in [0.4, 0.5) is 0 Å². The first-order valence-electron chi connectivity index (χ1n) is 6.23. The number of nitrogens with zero attached hydrogens (tertiary/aromatic N) is 1. The number of hydrogen-bond donors (Lipinski definition) is 0. The van der Waals surface area contributed by atoms with Crippen molar-refractivity contribution in [3.63, 3.8) is 0 Å². The highest BCUT2D eigenvalue weighted by Crippen LogP contribution is 2.33. The zero-order valence-corrected chi connectivity index (χ0v) is 11.5. The van der Waals surface area contributed by atoms with E-state index in [1.807, 2.05) is 12.1 Å². The van der Waals surface area contributed by atoms with Crippen LogP contribution in [0.2, 0.25) is 0 Å². The van der Waals surface area contributed by atoms with E-state index in [0.29, 0.717) is 5.92 Å². The van der Waals surface area contributed by atoms with Gasteiger partial charge in [0.05, 0.1) is 0 Å². The summed E-state index contributed by atoms with van der Waals surface area (Å²) in [5.74, 6) is 0.584. The SMILES string of the molecule is Cc1ccccc1C(C=O)C1CCN(P)CC1. The fourth-order valence-electron chi connectivity index (χ4n) is 2.68. The molecule has 0 aliphatic carbocycles. The van der Waals surface area contributed by atoms with Crippen molar-refractivity contribution in [3.05, 3.63) is 35.4 Å². The maximum Gasteiger partial charge on any atom is 0.127 e. The van der Waals surface area contributed by atoms with Crippen molar-refractivity contribution in [1.82, 2.24) is 4.67 Å². The zero-order chi connectivity index (χ0) is 12.3. The van der Waals surface area contributed by atoms with Gasteiger partial charge in [-0.05, 0) is 36.8 Å². The van der Waals surface area contributed by atoms with Crippen LogP contribution in [0.1, 0.15) is 29.9 Å². The van der Waals surface area contributed by atoms with Crippen LogP contribution < -0.4 is 0 Å². The predicted octanol–water partition coefficient (Wildman–Crippen LogP) is 2.78. The smallest absolute Gasteiger partial charge is 0.127 e. The van der Waals surface area contributed by atoms with E-state index < -0.39 is 0 Å². The van der Waals surface area contributed by atoms with Crippen molar-refractivity contribution in [2.24, 2.45) is 5.92 Å². The molecular formula is C14H20NOP. The maximum absolute atomic E-state index is 11.4. The Morgan fingerprint density at radius 3 is 2.59 bits per heavy atom. The Kier molecular flexibility index (Phi) is 4.31. The third-order valence-corrected chi connectivity index (χ3v) is 4.29. The van der Waals surface area contributed by atoms with Gasteiger partial charge >= 0.3 is 0 Å². The van der Waals surface area contributed by atoms with Crippen molar-refractivity contribution in [2.45, 2.75) is 25.7 Å². The summed E-state index contributed by atoms with van der Waals surface area (Å²) in [7, 11) is 2.75. The van der Waals surface area contributed by atoms with Crippen LogP contribution in [0.15, 0.2) is 24.3 Å². The molecule has 1 fully saturated rings. The first-order chi connectivity index (χ1) is 8.22. The van der Waals surface area contributed by atoms with E-state index in [4.69, 9.17) is 0 Å². The van der Waals surface area contributed by atoms with Gasteiger partial charge < -0.3 is 4.79 Å². The monoisotopic (exact) mass is 249 g/mol. The molecule has 1 aliphatic rings. The van der Waals surface area contributed by atoms with Crippen molar-refractivity contribution in [1.29, 1.82) is 0 Å². The van der Waals surface area contributed by atoms with Gasteiger partial charge in [0.1, 0.15) is 6.29 Å². The summed E-state index contributed by atoms with van der Waals surface area (Å²) in [5, 5.41) is 0. The van der Waals surface area contributed by atoms with E-state index in [9.17, 15) is 4.79 Å². The fraction of sp³-hybridized carbons (Fsp3) is 0.500. The lowest BCUT2D eigenvalue weighted by Gasteiger charge is -2.32. The van der Waals surface area contributed by atoms with Gasteiger partial charge in [0.2, 0.25) is 0 Å². The number of rotatable bonds is 3. The number of piperidine rings is 1. The van der Waals surface area contributed by atoms with E-state index in [1.54, 1.807) is 0 Å². The van der Waals surface area contributed by atoms with E-state index in [-0.39, 0.29) is 5.92 Å². The molecule has 0 radical (unpaired) electrons. The maximum atomic E-state index is 11.4. The lowest BCUT2D eigenvalue weighted by atomic mass is 9.80. The zero-order valence-electron chi connectivity index (χ0n) is 10.3. The van der Waals surface area contributed by atoms with Gasteiger partial charge in [0, 0.05) is 19.0 Å². The molecule has 2 atom stereocenters. The minimum absolute atomic E-state index is 0.0786. The Morgan fingerprint density at radius 2 is 2.00 bits per heavy atom. The predicted molar refractivity (Wildman–Crippen MR) is 74.0 cm³/mol. The number of aryl methyl sites for hydroxylation is 1. The second-order valence-electron chi connectivity index (χ2n) is 4.89. The molecule has 1 aromatic carbocycles. The molecular weight excluding hydrogens is 229 g/mol. The molecule has 0 aromatic heterocycles. The standard InChI is InChI=1S/C14H20NOP/c1-11-4-2-3-5-13(11)14(10-16)12-6-8-15(17)9-7-12/h2-5,10,12,14H,6-9,17H2,1H3. The summed E-state index contributed by atoms with van der Waals surface area (Å²) < 4.78 is 2.26. The van der Waals surface area contributed by atoms with Gasteiger partial charge in [-0.2, -0.15) is 0 Å². The highest BCUT2D eigenvalue weighted by Gasteiger charge is 2.27. The molecule has 0 bridgehead atoms. The minimum Gasteiger partial charge on any atom is -0.303 e. The van der Waals surface area contributed by atoms with E-state index in [0.717, 1.165) is 32.2 Å². The van der Waals surface area contributed by atoms with E-state index in [2.05, 4.69) is 33.1 Å². The largest absolute Gasteiger partial charge is 0.303 e. The average Bonchev–Trinajstić information content (AvgIpc) is 2.35. The first-order valence-corrected chi connectivity index (χ1v) is 6.74. The third-order valence-electron chi connectivity index (χ3n) is 3.78. The van der Waals surface area contributed by atoms with Gasteiger partial charge in [-0.1, -0.05) is 33.7 Å². The number of benzene rings is 1. The molecule has 0 amide bonds. The molecule has 1 saturated heterocycles. The Labute approximate surface area is 106 Å². The molecule has 17 heavy (non-hydrogen) atoms. The van der Waals surface area contributed by atoms with Crippen LogP contribution in [0, 0.1) is 12.8 Å². The van der Waals surface area contributed by atoms with Crippen LogP contribution in [-0.4, -0.2) is 24.0 Å². The quantitative estimate of drug-likeness (QED) is 0.606. The van der Waals surface area contributed by atoms with E-state index >= 15 is 0 Å². The molecule has 3 heteroatoms. The van der Waals surface area contributed by atoms with Crippen molar-refractivity contribution in [3.8, 4) is 0 Å². The van der Waals surface area contributed by atoms with Gasteiger partial charge in [0.25, 0.3) is 0 Å². The molecule has 1 heterocycles. The fourth-order valence-corrected chi connectivity index (χ4v) is 2.98. The Balaban J connectivity index is 2.17. The second kappa shape index (κ2) is 5.75. The molecule has 2 rings (SSSR count). The summed E-state index contributed by atoms with van der Waals surface area (Å²) in [5.41, 5.74) is 2.45.